The van der Waals surface area contributed by atoms with Crippen molar-refractivity contribution in [2.75, 3.05) is 31.8 Å². The first kappa shape index (κ1) is 24.0. The van der Waals surface area contributed by atoms with Crippen molar-refractivity contribution < 1.29 is 13.9 Å². The van der Waals surface area contributed by atoms with E-state index in [4.69, 9.17) is 21.1 Å². The van der Waals surface area contributed by atoms with E-state index in [-0.39, 0.29) is 11.1 Å². The van der Waals surface area contributed by atoms with Gasteiger partial charge in [-0.15, -0.1) is 0 Å². The van der Waals surface area contributed by atoms with Crippen molar-refractivity contribution in [2.24, 2.45) is 0 Å². The minimum atomic E-state index is -0.419. The molecule has 0 bridgehead atoms. The number of benzene rings is 2. The second-order valence-electron chi connectivity index (χ2n) is 8.89. The fraction of sp³-hybridized carbons (Fsp3) is 0.269. The van der Waals surface area contributed by atoms with E-state index in [1.54, 1.807) is 31.6 Å². The van der Waals surface area contributed by atoms with Crippen LogP contribution in [0, 0.1) is 5.82 Å². The second-order valence-corrected chi connectivity index (χ2v) is 9.30. The Kier molecular flexibility index (Phi) is 6.75. The molecule has 186 valence electrons. The summed E-state index contributed by atoms with van der Waals surface area (Å²) in [4.78, 5) is 15.4. The molecule has 5 rings (SSSR count). The van der Waals surface area contributed by atoms with Crippen molar-refractivity contribution in [1.82, 2.24) is 19.9 Å². The van der Waals surface area contributed by atoms with Crippen LogP contribution in [0.25, 0.3) is 10.9 Å². The van der Waals surface area contributed by atoms with Crippen molar-refractivity contribution in [3.63, 3.8) is 0 Å². The van der Waals surface area contributed by atoms with Crippen LogP contribution in [0.4, 0.5) is 27.5 Å². The number of rotatable bonds is 8. The van der Waals surface area contributed by atoms with E-state index in [2.05, 4.69) is 44.6 Å². The summed E-state index contributed by atoms with van der Waals surface area (Å²) in [5.74, 6) is 1.87. The molecule has 2 N–H and O–H groups in total. The maximum atomic E-state index is 13.7. The lowest BCUT2D eigenvalue weighted by Crippen LogP contribution is -2.46. The third kappa shape index (κ3) is 5.27. The van der Waals surface area contributed by atoms with Gasteiger partial charge in [0.25, 0.3) is 0 Å². The van der Waals surface area contributed by atoms with Crippen molar-refractivity contribution in [3.8, 4) is 11.5 Å². The maximum Gasteiger partial charge on any atom is 0.229 e. The van der Waals surface area contributed by atoms with Crippen molar-refractivity contribution >= 4 is 45.6 Å². The molecule has 1 aliphatic rings. The van der Waals surface area contributed by atoms with Crippen LogP contribution in [0.15, 0.2) is 54.9 Å². The number of ether oxygens (including phenoxy) is 2. The highest BCUT2D eigenvalue weighted by atomic mass is 35.5. The fourth-order valence-corrected chi connectivity index (χ4v) is 4.35. The lowest BCUT2D eigenvalue weighted by molar-refractivity contribution is 0.0383. The Balaban J connectivity index is 1.27. The van der Waals surface area contributed by atoms with E-state index in [0.29, 0.717) is 45.9 Å². The van der Waals surface area contributed by atoms with Crippen molar-refractivity contribution in [3.05, 3.63) is 65.7 Å². The average Bonchev–Trinajstić information content (AvgIpc) is 2.81. The number of halogens is 2. The van der Waals surface area contributed by atoms with Crippen LogP contribution < -0.4 is 20.1 Å². The van der Waals surface area contributed by atoms with Crippen molar-refractivity contribution in [2.45, 2.75) is 25.0 Å². The molecule has 0 amide bonds. The number of methoxy groups -OCH3 is 1. The van der Waals surface area contributed by atoms with Crippen LogP contribution >= 0.6 is 11.6 Å². The molecule has 2 heterocycles. The Morgan fingerprint density at radius 3 is 2.61 bits per heavy atom. The van der Waals surface area contributed by atoms with Gasteiger partial charge >= 0.3 is 0 Å². The van der Waals surface area contributed by atoms with Crippen molar-refractivity contribution in [1.29, 1.82) is 0 Å². The molecule has 0 saturated heterocycles. The number of hydrogen-bond acceptors (Lipinski definition) is 8. The standard InChI is InChI=1S/C26H26ClFN6O2/c1-34(2)19-12-20(13-19)36-22-5-4-17(11-23(22)35-3)32-26-29-7-6-24(33-26)31-18-9-15-8-16(28)10-21(27)25(15)30-14-18/h4-11,14,19-20H,12-13H2,1-3H3,(H2,29,31,32,33). The summed E-state index contributed by atoms with van der Waals surface area (Å²) >= 11 is 6.09. The molecule has 4 aromatic rings. The highest BCUT2D eigenvalue weighted by Crippen LogP contribution is 2.36. The molecule has 0 aliphatic heterocycles. The van der Waals surface area contributed by atoms with E-state index in [1.165, 1.54) is 12.1 Å². The van der Waals surface area contributed by atoms with Crippen LogP contribution in [0.5, 0.6) is 11.5 Å². The summed E-state index contributed by atoms with van der Waals surface area (Å²) in [5, 5.41) is 7.22. The first-order valence-corrected chi connectivity index (χ1v) is 11.9. The van der Waals surface area contributed by atoms with Gasteiger partial charge in [0.1, 0.15) is 17.7 Å². The normalized spacial score (nSPS) is 17.1. The molecule has 10 heteroatoms. The second kappa shape index (κ2) is 10.1. The van der Waals surface area contributed by atoms with E-state index < -0.39 is 5.82 Å². The average molecular weight is 509 g/mol. The Bertz CT molecular complexity index is 1400. The number of pyridine rings is 1. The van der Waals surface area contributed by atoms with Gasteiger partial charge in [-0.3, -0.25) is 4.98 Å². The highest BCUT2D eigenvalue weighted by Gasteiger charge is 2.32. The Morgan fingerprint density at radius 2 is 1.83 bits per heavy atom. The third-order valence-electron chi connectivity index (χ3n) is 6.14. The molecule has 36 heavy (non-hydrogen) atoms. The maximum absolute atomic E-state index is 13.7. The van der Waals surface area contributed by atoms with E-state index in [1.807, 2.05) is 18.2 Å². The molecule has 8 nitrogen and oxygen atoms in total. The highest BCUT2D eigenvalue weighted by molar-refractivity contribution is 6.35. The molecule has 1 aliphatic carbocycles. The number of fused-ring (bicyclic) bond motifs is 1. The molecule has 1 saturated carbocycles. The van der Waals surface area contributed by atoms with E-state index in [0.717, 1.165) is 18.5 Å². The SMILES string of the molecule is COc1cc(Nc2nccc(Nc3cnc4c(Cl)cc(F)cc4c3)n2)ccc1OC1CC(N(C)C)C1. The molecular formula is C26H26ClFN6O2. The number of anilines is 4. The predicted octanol–water partition coefficient (Wildman–Crippen LogP) is 5.78. The lowest BCUT2D eigenvalue weighted by Gasteiger charge is -2.39. The van der Waals surface area contributed by atoms with Gasteiger partial charge in [-0.2, -0.15) is 4.98 Å². The molecule has 0 radical (unpaired) electrons. The van der Waals surface area contributed by atoms with E-state index >= 15 is 0 Å². The van der Waals surface area contributed by atoms with E-state index in [9.17, 15) is 4.39 Å². The molecule has 2 aromatic heterocycles. The van der Waals surface area contributed by atoms with Gasteiger partial charge in [-0.05, 0) is 63.3 Å². The Hall–Kier alpha value is -3.69. The lowest BCUT2D eigenvalue weighted by atomic mass is 9.88. The van der Waals surface area contributed by atoms with Crippen LogP contribution in [0.3, 0.4) is 0 Å². The van der Waals surface area contributed by atoms with Gasteiger partial charge in [0.2, 0.25) is 5.95 Å². The van der Waals surface area contributed by atoms with Gasteiger partial charge in [0.05, 0.1) is 29.5 Å². The zero-order chi connectivity index (χ0) is 25.2. The smallest absolute Gasteiger partial charge is 0.229 e. The first-order chi connectivity index (χ1) is 17.4. The van der Waals surface area contributed by atoms with Crippen LogP contribution in [0.1, 0.15) is 12.8 Å². The summed E-state index contributed by atoms with van der Waals surface area (Å²) in [7, 11) is 5.79. The largest absolute Gasteiger partial charge is 0.493 e. The molecule has 2 aromatic carbocycles. The van der Waals surface area contributed by atoms with Gasteiger partial charge in [0.15, 0.2) is 11.5 Å². The van der Waals surface area contributed by atoms with Gasteiger partial charge in [-0.25, -0.2) is 9.37 Å². The number of nitrogens with one attached hydrogen (secondary N) is 2. The molecule has 0 atom stereocenters. The summed E-state index contributed by atoms with van der Waals surface area (Å²) in [5.41, 5.74) is 1.93. The molecular weight excluding hydrogens is 483 g/mol. The Morgan fingerprint density at radius 1 is 1.00 bits per heavy atom. The number of hydrogen-bond donors (Lipinski definition) is 2. The third-order valence-corrected chi connectivity index (χ3v) is 6.43. The molecule has 1 fully saturated rings. The Labute approximate surface area is 213 Å². The number of aromatic nitrogens is 3. The van der Waals surface area contributed by atoms with Crippen LogP contribution in [-0.2, 0) is 0 Å². The molecule has 0 spiro atoms. The minimum Gasteiger partial charge on any atom is -0.493 e. The summed E-state index contributed by atoms with van der Waals surface area (Å²) in [6, 6.07) is 12.3. The quantitative estimate of drug-likeness (QED) is 0.309. The van der Waals surface area contributed by atoms with Gasteiger partial charge in [-0.1, -0.05) is 11.6 Å². The monoisotopic (exact) mass is 508 g/mol. The fourth-order valence-electron chi connectivity index (χ4n) is 4.08. The summed E-state index contributed by atoms with van der Waals surface area (Å²) in [6.45, 7) is 0. The van der Waals surface area contributed by atoms with Crippen LogP contribution in [0.2, 0.25) is 5.02 Å². The zero-order valence-corrected chi connectivity index (χ0v) is 20.9. The predicted molar refractivity (Wildman–Crippen MR) is 139 cm³/mol. The van der Waals surface area contributed by atoms with Crippen LogP contribution in [-0.4, -0.2) is 53.2 Å². The first-order valence-electron chi connectivity index (χ1n) is 11.5. The number of nitrogens with zero attached hydrogens (tertiary/aromatic N) is 4. The van der Waals surface area contributed by atoms with Gasteiger partial charge in [0, 0.05) is 29.4 Å². The summed E-state index contributed by atoms with van der Waals surface area (Å²) < 4.78 is 25.4. The van der Waals surface area contributed by atoms with Gasteiger partial charge < -0.3 is 25.0 Å². The summed E-state index contributed by atoms with van der Waals surface area (Å²) in [6.07, 6.45) is 5.44. The minimum absolute atomic E-state index is 0.188. The molecule has 0 unspecified atom stereocenters. The zero-order valence-electron chi connectivity index (χ0n) is 20.1. The topological polar surface area (TPSA) is 84.4 Å².